The minimum absolute atomic E-state index is 0.0189. The van der Waals surface area contributed by atoms with Crippen molar-refractivity contribution in [3.8, 4) is 0 Å². The standard InChI is InChI=1S/C12H16BrNOS/c1-12(2,16-3)8-14-11(15)9-4-6-10(13)7-5-9/h4-7H,8H2,1-3H3,(H,14,15). The second-order valence-corrected chi connectivity index (χ2v) is 6.58. The average molecular weight is 302 g/mol. The molecule has 0 aliphatic rings. The molecule has 0 heterocycles. The Kier molecular flexibility index (Phi) is 4.87. The maximum absolute atomic E-state index is 11.8. The van der Waals surface area contributed by atoms with Crippen molar-refractivity contribution in [3.05, 3.63) is 34.3 Å². The van der Waals surface area contributed by atoms with Crippen LogP contribution in [0.4, 0.5) is 0 Å². The maximum Gasteiger partial charge on any atom is 0.251 e. The predicted molar refractivity (Wildman–Crippen MR) is 74.1 cm³/mol. The van der Waals surface area contributed by atoms with E-state index in [2.05, 4.69) is 35.1 Å². The molecule has 16 heavy (non-hydrogen) atoms. The summed E-state index contributed by atoms with van der Waals surface area (Å²) in [5, 5.41) is 2.93. The average Bonchev–Trinajstić information content (AvgIpc) is 2.27. The number of benzene rings is 1. The molecule has 0 spiro atoms. The minimum atomic E-state index is -0.0189. The number of rotatable bonds is 4. The predicted octanol–water partition coefficient (Wildman–Crippen LogP) is 3.32. The molecule has 0 saturated carbocycles. The second kappa shape index (κ2) is 5.73. The van der Waals surface area contributed by atoms with E-state index in [0.717, 1.165) is 4.47 Å². The largest absolute Gasteiger partial charge is 0.351 e. The number of carbonyl (C=O) groups is 1. The van der Waals surface area contributed by atoms with Gasteiger partial charge in [0, 0.05) is 21.3 Å². The number of hydrogen-bond acceptors (Lipinski definition) is 2. The van der Waals surface area contributed by atoms with Crippen LogP contribution in [0, 0.1) is 0 Å². The first-order valence-corrected chi connectivity index (χ1v) is 7.05. The lowest BCUT2D eigenvalue weighted by atomic mass is 10.2. The van der Waals surface area contributed by atoms with Crippen LogP contribution in [0.5, 0.6) is 0 Å². The molecule has 88 valence electrons. The van der Waals surface area contributed by atoms with Crippen LogP contribution in [-0.2, 0) is 0 Å². The van der Waals surface area contributed by atoms with Crippen LogP contribution in [0.2, 0.25) is 0 Å². The van der Waals surface area contributed by atoms with Gasteiger partial charge in [-0.25, -0.2) is 0 Å². The smallest absolute Gasteiger partial charge is 0.251 e. The van der Waals surface area contributed by atoms with E-state index < -0.39 is 0 Å². The Morgan fingerprint density at radius 3 is 2.44 bits per heavy atom. The third-order valence-electron chi connectivity index (χ3n) is 2.33. The van der Waals surface area contributed by atoms with Crippen molar-refractivity contribution in [1.82, 2.24) is 5.32 Å². The topological polar surface area (TPSA) is 29.1 Å². The number of thioether (sulfide) groups is 1. The number of carbonyl (C=O) groups excluding carboxylic acids is 1. The van der Waals surface area contributed by atoms with Gasteiger partial charge in [-0.2, -0.15) is 11.8 Å². The second-order valence-electron chi connectivity index (χ2n) is 4.15. The van der Waals surface area contributed by atoms with Crippen LogP contribution >= 0.6 is 27.7 Å². The molecule has 1 rings (SSSR count). The Labute approximate surface area is 109 Å². The molecule has 4 heteroatoms. The van der Waals surface area contributed by atoms with Gasteiger partial charge < -0.3 is 5.32 Å². The van der Waals surface area contributed by atoms with Crippen molar-refractivity contribution >= 4 is 33.6 Å². The molecule has 0 aromatic heterocycles. The fraction of sp³-hybridized carbons (Fsp3) is 0.417. The Hall–Kier alpha value is -0.480. The lowest BCUT2D eigenvalue weighted by molar-refractivity contribution is 0.0951. The molecule has 1 aromatic carbocycles. The summed E-state index contributed by atoms with van der Waals surface area (Å²) in [6, 6.07) is 7.36. The van der Waals surface area contributed by atoms with Gasteiger partial charge in [-0.3, -0.25) is 4.79 Å². The quantitative estimate of drug-likeness (QED) is 0.924. The van der Waals surface area contributed by atoms with Crippen LogP contribution in [-0.4, -0.2) is 23.5 Å². The Balaban J connectivity index is 2.56. The highest BCUT2D eigenvalue weighted by molar-refractivity contribution is 9.10. The zero-order valence-corrected chi connectivity index (χ0v) is 12.1. The molecule has 1 amide bonds. The summed E-state index contributed by atoms with van der Waals surface area (Å²) < 4.78 is 1.05. The molecule has 0 radical (unpaired) electrons. The summed E-state index contributed by atoms with van der Waals surface area (Å²) in [4.78, 5) is 11.8. The van der Waals surface area contributed by atoms with E-state index in [4.69, 9.17) is 0 Å². The van der Waals surface area contributed by atoms with Gasteiger partial charge in [0.1, 0.15) is 0 Å². The van der Waals surface area contributed by atoms with Crippen molar-refractivity contribution < 1.29 is 4.79 Å². The lowest BCUT2D eigenvalue weighted by Gasteiger charge is -2.22. The highest BCUT2D eigenvalue weighted by Crippen LogP contribution is 2.19. The fourth-order valence-corrected chi connectivity index (χ4v) is 1.55. The molecular weight excluding hydrogens is 286 g/mol. The van der Waals surface area contributed by atoms with Gasteiger partial charge in [-0.1, -0.05) is 15.9 Å². The van der Waals surface area contributed by atoms with Gasteiger partial charge in [-0.05, 0) is 44.4 Å². The normalized spacial score (nSPS) is 11.2. The van der Waals surface area contributed by atoms with Crippen molar-refractivity contribution in [1.29, 1.82) is 0 Å². The SMILES string of the molecule is CSC(C)(C)CNC(=O)c1ccc(Br)cc1. The molecule has 1 N–H and O–H groups in total. The van der Waals surface area contributed by atoms with Gasteiger partial charge in [-0.15, -0.1) is 0 Å². The van der Waals surface area contributed by atoms with E-state index in [9.17, 15) is 4.79 Å². The van der Waals surface area contributed by atoms with Gasteiger partial charge in [0.15, 0.2) is 0 Å². The number of nitrogens with one attached hydrogen (secondary N) is 1. The molecule has 0 atom stereocenters. The summed E-state index contributed by atoms with van der Waals surface area (Å²) >= 11 is 5.09. The maximum atomic E-state index is 11.8. The van der Waals surface area contributed by atoms with Gasteiger partial charge in [0.05, 0.1) is 0 Å². The van der Waals surface area contributed by atoms with E-state index >= 15 is 0 Å². The van der Waals surface area contributed by atoms with E-state index in [1.54, 1.807) is 11.8 Å². The molecule has 0 bridgehead atoms. The third-order valence-corrected chi connectivity index (χ3v) is 4.11. The molecule has 0 fully saturated rings. The molecular formula is C12H16BrNOS. The molecule has 0 saturated heterocycles. The first kappa shape index (κ1) is 13.6. The van der Waals surface area contributed by atoms with Crippen molar-refractivity contribution in [3.63, 3.8) is 0 Å². The van der Waals surface area contributed by atoms with Crippen molar-refractivity contribution in [2.75, 3.05) is 12.8 Å². The van der Waals surface area contributed by atoms with Crippen LogP contribution < -0.4 is 5.32 Å². The summed E-state index contributed by atoms with van der Waals surface area (Å²) in [7, 11) is 0. The van der Waals surface area contributed by atoms with Crippen LogP contribution in [0.25, 0.3) is 0 Å². The van der Waals surface area contributed by atoms with Gasteiger partial charge in [0.25, 0.3) is 5.91 Å². The van der Waals surface area contributed by atoms with Crippen LogP contribution in [0.1, 0.15) is 24.2 Å². The Morgan fingerprint density at radius 1 is 1.38 bits per heavy atom. The molecule has 0 aliphatic heterocycles. The van der Waals surface area contributed by atoms with E-state index in [1.165, 1.54) is 0 Å². The molecule has 1 aromatic rings. The highest BCUT2D eigenvalue weighted by Gasteiger charge is 2.17. The lowest BCUT2D eigenvalue weighted by Crippen LogP contribution is -2.36. The number of hydrogen-bond donors (Lipinski definition) is 1. The van der Waals surface area contributed by atoms with Crippen LogP contribution in [0.3, 0.4) is 0 Å². The highest BCUT2D eigenvalue weighted by atomic mass is 79.9. The zero-order valence-electron chi connectivity index (χ0n) is 9.71. The summed E-state index contributed by atoms with van der Waals surface area (Å²) in [5.74, 6) is -0.0189. The number of halogens is 1. The zero-order chi connectivity index (χ0) is 12.2. The summed E-state index contributed by atoms with van der Waals surface area (Å²) in [6.07, 6.45) is 2.05. The van der Waals surface area contributed by atoms with E-state index in [0.29, 0.717) is 12.1 Å². The minimum Gasteiger partial charge on any atom is -0.351 e. The fourth-order valence-electron chi connectivity index (χ4n) is 1.07. The molecule has 0 aliphatic carbocycles. The first-order chi connectivity index (χ1) is 7.44. The first-order valence-electron chi connectivity index (χ1n) is 5.03. The molecule has 2 nitrogen and oxygen atoms in total. The Morgan fingerprint density at radius 2 is 1.94 bits per heavy atom. The van der Waals surface area contributed by atoms with E-state index in [-0.39, 0.29) is 10.7 Å². The summed E-state index contributed by atoms with van der Waals surface area (Å²) in [6.45, 7) is 4.89. The molecule has 0 unspecified atom stereocenters. The monoisotopic (exact) mass is 301 g/mol. The Bertz CT molecular complexity index is 362. The van der Waals surface area contributed by atoms with Crippen molar-refractivity contribution in [2.45, 2.75) is 18.6 Å². The number of amides is 1. The van der Waals surface area contributed by atoms with Gasteiger partial charge in [0.2, 0.25) is 0 Å². The summed E-state index contributed by atoms with van der Waals surface area (Å²) in [5.41, 5.74) is 0.695. The van der Waals surface area contributed by atoms with Crippen molar-refractivity contribution in [2.24, 2.45) is 0 Å². The van der Waals surface area contributed by atoms with E-state index in [1.807, 2.05) is 30.5 Å². The third kappa shape index (κ3) is 4.18. The van der Waals surface area contributed by atoms with Crippen LogP contribution in [0.15, 0.2) is 28.7 Å². The van der Waals surface area contributed by atoms with Gasteiger partial charge >= 0.3 is 0 Å².